The van der Waals surface area contributed by atoms with E-state index in [9.17, 15) is 4.39 Å². The lowest BCUT2D eigenvalue weighted by atomic mass is 10.2. The molecule has 0 aromatic heterocycles. The fraction of sp³-hybridized carbons (Fsp3) is 0.455. The summed E-state index contributed by atoms with van der Waals surface area (Å²) in [4.78, 5) is 0. The molecular weight excluding hydrogens is 195 g/mol. The van der Waals surface area contributed by atoms with Crippen LogP contribution in [0.4, 0.5) is 15.8 Å². The predicted molar refractivity (Wildman–Crippen MR) is 60.4 cm³/mol. The van der Waals surface area contributed by atoms with Crippen molar-refractivity contribution in [3.05, 3.63) is 24.0 Å². The number of nitrogens with two attached hydrogens (primary N) is 1. The predicted octanol–water partition coefficient (Wildman–Crippen LogP) is 2.24. The Morgan fingerprint density at radius 2 is 2.20 bits per heavy atom. The number of anilines is 2. The first kappa shape index (κ1) is 11.8. The summed E-state index contributed by atoms with van der Waals surface area (Å²) in [5.74, 6) is -0.332. The molecule has 4 heteroatoms. The van der Waals surface area contributed by atoms with Gasteiger partial charge in [-0.1, -0.05) is 0 Å². The van der Waals surface area contributed by atoms with Crippen LogP contribution in [0.25, 0.3) is 0 Å². The third-order valence-corrected chi connectivity index (χ3v) is 1.96. The van der Waals surface area contributed by atoms with Gasteiger partial charge in [-0.25, -0.2) is 4.39 Å². The number of ether oxygens (including phenoxy) is 1. The number of nitrogens with one attached hydrogen (secondary N) is 1. The third-order valence-electron chi connectivity index (χ3n) is 1.96. The Bertz CT molecular complexity index is 297. The molecule has 0 aliphatic carbocycles. The molecule has 0 heterocycles. The molecule has 84 valence electrons. The van der Waals surface area contributed by atoms with Crippen molar-refractivity contribution < 1.29 is 9.13 Å². The zero-order valence-corrected chi connectivity index (χ0v) is 9.09. The summed E-state index contributed by atoms with van der Waals surface area (Å²) < 4.78 is 18.3. The van der Waals surface area contributed by atoms with Gasteiger partial charge >= 0.3 is 0 Å². The number of halogens is 1. The molecule has 1 rings (SSSR count). The van der Waals surface area contributed by atoms with Crippen molar-refractivity contribution in [3.8, 4) is 0 Å². The SMILES string of the molecule is CCOC(C)CNc1cc(N)cc(F)c1. The van der Waals surface area contributed by atoms with Gasteiger partial charge in [0.05, 0.1) is 6.10 Å². The maximum absolute atomic E-state index is 12.9. The van der Waals surface area contributed by atoms with E-state index in [2.05, 4.69) is 5.32 Å². The second-order valence-corrected chi connectivity index (χ2v) is 3.42. The van der Waals surface area contributed by atoms with E-state index in [0.717, 1.165) is 0 Å². The zero-order valence-electron chi connectivity index (χ0n) is 9.09. The van der Waals surface area contributed by atoms with Crippen LogP contribution < -0.4 is 11.1 Å². The summed E-state index contributed by atoms with van der Waals surface area (Å²) in [5, 5.41) is 3.07. The molecule has 0 saturated heterocycles. The molecule has 0 radical (unpaired) electrons. The van der Waals surface area contributed by atoms with Gasteiger partial charge in [-0.3, -0.25) is 0 Å². The summed E-state index contributed by atoms with van der Waals surface area (Å²) >= 11 is 0. The van der Waals surface area contributed by atoms with Crippen molar-refractivity contribution in [2.24, 2.45) is 0 Å². The molecule has 0 amide bonds. The van der Waals surface area contributed by atoms with Crippen LogP contribution in [0.2, 0.25) is 0 Å². The molecule has 0 bridgehead atoms. The van der Waals surface area contributed by atoms with Crippen LogP contribution >= 0.6 is 0 Å². The van der Waals surface area contributed by atoms with Crippen molar-refractivity contribution in [3.63, 3.8) is 0 Å². The maximum Gasteiger partial charge on any atom is 0.127 e. The van der Waals surface area contributed by atoms with Crippen LogP contribution in [0.5, 0.6) is 0 Å². The number of benzene rings is 1. The van der Waals surface area contributed by atoms with E-state index in [1.54, 1.807) is 6.07 Å². The quantitative estimate of drug-likeness (QED) is 0.736. The smallest absolute Gasteiger partial charge is 0.127 e. The van der Waals surface area contributed by atoms with Crippen molar-refractivity contribution in [2.45, 2.75) is 20.0 Å². The molecular formula is C11H17FN2O. The lowest BCUT2D eigenvalue weighted by Crippen LogP contribution is -2.19. The Morgan fingerprint density at radius 1 is 1.47 bits per heavy atom. The number of nitrogen functional groups attached to an aromatic ring is 1. The van der Waals surface area contributed by atoms with Crippen LogP contribution in [0, 0.1) is 5.82 Å². The third kappa shape index (κ3) is 4.16. The van der Waals surface area contributed by atoms with E-state index in [0.29, 0.717) is 24.5 Å². The molecule has 1 aromatic rings. The minimum atomic E-state index is -0.332. The van der Waals surface area contributed by atoms with E-state index in [1.165, 1.54) is 12.1 Å². The normalized spacial score (nSPS) is 12.5. The second-order valence-electron chi connectivity index (χ2n) is 3.42. The monoisotopic (exact) mass is 212 g/mol. The molecule has 0 fully saturated rings. The van der Waals surface area contributed by atoms with Gasteiger partial charge < -0.3 is 15.8 Å². The number of hydrogen-bond acceptors (Lipinski definition) is 3. The van der Waals surface area contributed by atoms with Gasteiger partial charge in [0.2, 0.25) is 0 Å². The van der Waals surface area contributed by atoms with Crippen molar-refractivity contribution in [2.75, 3.05) is 24.2 Å². The van der Waals surface area contributed by atoms with E-state index in [4.69, 9.17) is 10.5 Å². The average Bonchev–Trinajstić information content (AvgIpc) is 2.14. The van der Waals surface area contributed by atoms with E-state index >= 15 is 0 Å². The van der Waals surface area contributed by atoms with Crippen LogP contribution in [0.3, 0.4) is 0 Å². The zero-order chi connectivity index (χ0) is 11.3. The molecule has 0 spiro atoms. The molecule has 0 saturated carbocycles. The van der Waals surface area contributed by atoms with Gasteiger partial charge in [0, 0.05) is 24.5 Å². The van der Waals surface area contributed by atoms with Crippen molar-refractivity contribution in [1.29, 1.82) is 0 Å². The van der Waals surface area contributed by atoms with Gasteiger partial charge in [0.1, 0.15) is 5.82 Å². The highest BCUT2D eigenvalue weighted by Gasteiger charge is 2.02. The fourth-order valence-electron chi connectivity index (χ4n) is 1.32. The van der Waals surface area contributed by atoms with Gasteiger partial charge in [-0.05, 0) is 32.0 Å². The first-order valence-corrected chi connectivity index (χ1v) is 5.03. The standard InChI is InChI=1S/C11H17FN2O/c1-3-15-8(2)7-14-11-5-9(12)4-10(13)6-11/h4-6,8,14H,3,7,13H2,1-2H3. The van der Waals surface area contributed by atoms with Crippen molar-refractivity contribution in [1.82, 2.24) is 0 Å². The van der Waals surface area contributed by atoms with Crippen LogP contribution in [0.1, 0.15) is 13.8 Å². The number of hydrogen-bond donors (Lipinski definition) is 2. The minimum absolute atomic E-state index is 0.0968. The van der Waals surface area contributed by atoms with E-state index in [1.807, 2.05) is 13.8 Å². The maximum atomic E-state index is 12.9. The van der Waals surface area contributed by atoms with Gasteiger partial charge in [-0.2, -0.15) is 0 Å². The Balaban J connectivity index is 2.50. The largest absolute Gasteiger partial charge is 0.399 e. The topological polar surface area (TPSA) is 47.3 Å². The summed E-state index contributed by atoms with van der Waals surface area (Å²) in [6.45, 7) is 5.21. The molecule has 0 aliphatic heterocycles. The Kier molecular flexibility index (Phi) is 4.37. The Morgan fingerprint density at radius 3 is 2.80 bits per heavy atom. The molecule has 3 N–H and O–H groups in total. The highest BCUT2D eigenvalue weighted by atomic mass is 19.1. The summed E-state index contributed by atoms with van der Waals surface area (Å²) in [6, 6.07) is 4.40. The van der Waals surface area contributed by atoms with Gasteiger partial charge in [0.25, 0.3) is 0 Å². The fourth-order valence-corrected chi connectivity index (χ4v) is 1.32. The van der Waals surface area contributed by atoms with Gasteiger partial charge in [0.15, 0.2) is 0 Å². The first-order chi connectivity index (χ1) is 7.11. The highest BCUT2D eigenvalue weighted by Crippen LogP contribution is 2.15. The average molecular weight is 212 g/mol. The first-order valence-electron chi connectivity index (χ1n) is 5.03. The lowest BCUT2D eigenvalue weighted by Gasteiger charge is -2.13. The van der Waals surface area contributed by atoms with Crippen molar-refractivity contribution >= 4 is 11.4 Å². The minimum Gasteiger partial charge on any atom is -0.399 e. The Labute approximate surface area is 89.4 Å². The van der Waals surface area contributed by atoms with Crippen LogP contribution in [-0.4, -0.2) is 19.3 Å². The second kappa shape index (κ2) is 5.56. The van der Waals surface area contributed by atoms with Crippen LogP contribution in [0.15, 0.2) is 18.2 Å². The molecule has 0 aliphatic rings. The summed E-state index contributed by atoms with van der Waals surface area (Å²) in [6.07, 6.45) is 0.0968. The molecule has 1 aromatic carbocycles. The molecule has 3 nitrogen and oxygen atoms in total. The Hall–Kier alpha value is -1.29. The highest BCUT2D eigenvalue weighted by molar-refractivity contribution is 5.54. The lowest BCUT2D eigenvalue weighted by molar-refractivity contribution is 0.0855. The van der Waals surface area contributed by atoms with E-state index in [-0.39, 0.29) is 11.9 Å². The molecule has 1 atom stereocenters. The summed E-state index contributed by atoms with van der Waals surface area (Å²) in [5.41, 5.74) is 6.61. The molecule has 15 heavy (non-hydrogen) atoms. The number of rotatable bonds is 5. The summed E-state index contributed by atoms with van der Waals surface area (Å²) in [7, 11) is 0. The van der Waals surface area contributed by atoms with Gasteiger partial charge in [-0.15, -0.1) is 0 Å². The molecule has 1 unspecified atom stereocenters. The van der Waals surface area contributed by atoms with E-state index < -0.39 is 0 Å². The van der Waals surface area contributed by atoms with Crippen LogP contribution in [-0.2, 0) is 4.74 Å².